The summed E-state index contributed by atoms with van der Waals surface area (Å²) in [5.41, 5.74) is 6.42. The minimum Gasteiger partial charge on any atom is -0.326 e. The standard InChI is InChI=1S/C11H15N3O2S3/c1-7(2)8-6-18-11(13-8)14-19(15,16)10-3-4-17-9(10)5-12/h3-4,6-7H,5,12H2,1-2H3,(H,13,14). The van der Waals surface area contributed by atoms with Crippen molar-refractivity contribution in [2.75, 3.05) is 4.72 Å². The largest absolute Gasteiger partial charge is 0.326 e. The van der Waals surface area contributed by atoms with Crippen LogP contribution in [-0.2, 0) is 16.6 Å². The van der Waals surface area contributed by atoms with Crippen LogP contribution >= 0.6 is 22.7 Å². The van der Waals surface area contributed by atoms with Crippen molar-refractivity contribution < 1.29 is 8.42 Å². The third-order valence-electron chi connectivity index (χ3n) is 2.51. The van der Waals surface area contributed by atoms with Crippen molar-refractivity contribution in [1.29, 1.82) is 0 Å². The van der Waals surface area contributed by atoms with Crippen LogP contribution in [0, 0.1) is 0 Å². The van der Waals surface area contributed by atoms with Crippen LogP contribution in [0.3, 0.4) is 0 Å². The zero-order chi connectivity index (χ0) is 14.0. The van der Waals surface area contributed by atoms with Crippen molar-refractivity contribution in [2.24, 2.45) is 5.73 Å². The summed E-state index contributed by atoms with van der Waals surface area (Å²) < 4.78 is 27.0. The zero-order valence-corrected chi connectivity index (χ0v) is 13.0. The first-order chi connectivity index (χ1) is 8.94. The summed E-state index contributed by atoms with van der Waals surface area (Å²) in [6, 6.07) is 1.56. The zero-order valence-electron chi connectivity index (χ0n) is 10.6. The second-order valence-electron chi connectivity index (χ2n) is 4.25. The highest BCUT2D eigenvalue weighted by Gasteiger charge is 2.20. The smallest absolute Gasteiger partial charge is 0.264 e. The molecule has 0 aliphatic rings. The first-order valence-electron chi connectivity index (χ1n) is 5.68. The molecule has 0 saturated carbocycles. The second kappa shape index (κ2) is 5.58. The lowest BCUT2D eigenvalue weighted by molar-refractivity contribution is 0.600. The van der Waals surface area contributed by atoms with Gasteiger partial charge in [0.15, 0.2) is 5.13 Å². The molecule has 0 amide bonds. The van der Waals surface area contributed by atoms with Crippen molar-refractivity contribution >= 4 is 37.8 Å². The van der Waals surface area contributed by atoms with Gasteiger partial charge in [0.1, 0.15) is 4.90 Å². The number of aromatic nitrogens is 1. The third kappa shape index (κ3) is 3.14. The monoisotopic (exact) mass is 317 g/mol. The van der Waals surface area contributed by atoms with Gasteiger partial charge in [-0.3, -0.25) is 4.72 Å². The van der Waals surface area contributed by atoms with Crippen LogP contribution < -0.4 is 10.5 Å². The molecule has 0 aromatic carbocycles. The Kier molecular flexibility index (Phi) is 4.24. The number of nitrogens with two attached hydrogens (primary N) is 1. The van der Waals surface area contributed by atoms with Crippen LogP contribution in [0.1, 0.15) is 30.3 Å². The maximum Gasteiger partial charge on any atom is 0.264 e. The highest BCUT2D eigenvalue weighted by atomic mass is 32.2. The van der Waals surface area contributed by atoms with Crippen LogP contribution in [-0.4, -0.2) is 13.4 Å². The second-order valence-corrected chi connectivity index (χ2v) is 7.76. The molecule has 8 heteroatoms. The Morgan fingerprint density at radius 1 is 1.42 bits per heavy atom. The number of hydrogen-bond donors (Lipinski definition) is 2. The van der Waals surface area contributed by atoms with E-state index < -0.39 is 10.0 Å². The minimum absolute atomic E-state index is 0.211. The molecular weight excluding hydrogens is 302 g/mol. The molecule has 104 valence electrons. The predicted octanol–water partition coefficient (Wildman–Crippen LogP) is 2.59. The van der Waals surface area contributed by atoms with Gasteiger partial charge in [-0.25, -0.2) is 13.4 Å². The molecule has 2 aromatic heterocycles. The lowest BCUT2D eigenvalue weighted by atomic mass is 10.2. The molecular formula is C11H15N3O2S3. The fraction of sp³-hybridized carbons (Fsp3) is 0.364. The number of sulfonamides is 1. The van der Waals surface area contributed by atoms with E-state index in [1.807, 2.05) is 19.2 Å². The highest BCUT2D eigenvalue weighted by Crippen LogP contribution is 2.27. The molecule has 0 aliphatic carbocycles. The SMILES string of the molecule is CC(C)c1csc(NS(=O)(=O)c2ccsc2CN)n1. The highest BCUT2D eigenvalue weighted by molar-refractivity contribution is 7.93. The average molecular weight is 317 g/mol. The van der Waals surface area contributed by atoms with E-state index >= 15 is 0 Å². The molecule has 5 nitrogen and oxygen atoms in total. The van der Waals surface area contributed by atoms with E-state index in [9.17, 15) is 8.42 Å². The predicted molar refractivity (Wildman–Crippen MR) is 79.2 cm³/mol. The third-order valence-corrected chi connectivity index (χ3v) is 5.92. The quantitative estimate of drug-likeness (QED) is 0.887. The molecule has 19 heavy (non-hydrogen) atoms. The fourth-order valence-electron chi connectivity index (χ4n) is 1.49. The topological polar surface area (TPSA) is 85.1 Å². The molecule has 0 unspecified atom stereocenters. The Balaban J connectivity index is 2.26. The maximum atomic E-state index is 12.2. The lowest BCUT2D eigenvalue weighted by Crippen LogP contribution is -2.14. The van der Waals surface area contributed by atoms with Crippen molar-refractivity contribution in [3.63, 3.8) is 0 Å². The van der Waals surface area contributed by atoms with Gasteiger partial charge < -0.3 is 5.73 Å². The van der Waals surface area contributed by atoms with E-state index in [0.29, 0.717) is 10.0 Å². The van der Waals surface area contributed by atoms with E-state index in [1.165, 1.54) is 22.7 Å². The number of thiophene rings is 1. The van der Waals surface area contributed by atoms with E-state index in [2.05, 4.69) is 9.71 Å². The normalized spacial score (nSPS) is 12.0. The van der Waals surface area contributed by atoms with Gasteiger partial charge in [-0.05, 0) is 17.4 Å². The molecule has 2 rings (SSSR count). The Hall–Kier alpha value is -0.960. The van der Waals surface area contributed by atoms with Crippen molar-refractivity contribution in [3.8, 4) is 0 Å². The molecule has 0 fully saturated rings. The van der Waals surface area contributed by atoms with Gasteiger partial charge in [0.25, 0.3) is 10.0 Å². The summed E-state index contributed by atoms with van der Waals surface area (Å²) in [7, 11) is -3.60. The van der Waals surface area contributed by atoms with Gasteiger partial charge in [0.05, 0.1) is 5.69 Å². The maximum absolute atomic E-state index is 12.2. The Morgan fingerprint density at radius 3 is 2.74 bits per heavy atom. The molecule has 2 aromatic rings. The lowest BCUT2D eigenvalue weighted by Gasteiger charge is -2.05. The van der Waals surface area contributed by atoms with Gasteiger partial charge in [-0.1, -0.05) is 13.8 Å². The molecule has 0 atom stereocenters. The van der Waals surface area contributed by atoms with Gasteiger partial charge in [-0.2, -0.15) is 0 Å². The molecule has 0 aliphatic heterocycles. The van der Waals surface area contributed by atoms with Gasteiger partial charge >= 0.3 is 0 Å². The van der Waals surface area contributed by atoms with Gasteiger partial charge in [-0.15, -0.1) is 22.7 Å². The van der Waals surface area contributed by atoms with Crippen LogP contribution in [0.25, 0.3) is 0 Å². The first kappa shape index (κ1) is 14.4. The van der Waals surface area contributed by atoms with Crippen LogP contribution in [0.15, 0.2) is 21.7 Å². The molecule has 0 spiro atoms. The Labute approximate surface area is 120 Å². The van der Waals surface area contributed by atoms with Crippen LogP contribution in [0.2, 0.25) is 0 Å². The number of thiazole rings is 1. The van der Waals surface area contributed by atoms with Gasteiger partial charge in [0, 0.05) is 16.8 Å². The Bertz CT molecular complexity index is 658. The van der Waals surface area contributed by atoms with Crippen LogP contribution in [0.4, 0.5) is 5.13 Å². The number of anilines is 1. The minimum atomic E-state index is -3.60. The van der Waals surface area contributed by atoms with E-state index in [1.54, 1.807) is 11.4 Å². The summed E-state index contributed by atoms with van der Waals surface area (Å²) in [4.78, 5) is 5.14. The molecule has 0 saturated heterocycles. The summed E-state index contributed by atoms with van der Waals surface area (Å²) in [5, 5.41) is 3.97. The summed E-state index contributed by atoms with van der Waals surface area (Å²) in [5.74, 6) is 0.273. The first-order valence-corrected chi connectivity index (χ1v) is 8.93. The number of nitrogens with zero attached hydrogens (tertiary/aromatic N) is 1. The van der Waals surface area contributed by atoms with E-state index in [4.69, 9.17) is 5.73 Å². The number of hydrogen-bond acceptors (Lipinski definition) is 6. The number of rotatable bonds is 5. The number of nitrogens with one attached hydrogen (secondary N) is 1. The fourth-order valence-corrected chi connectivity index (χ4v) is 4.95. The van der Waals surface area contributed by atoms with E-state index in [-0.39, 0.29) is 17.4 Å². The van der Waals surface area contributed by atoms with Crippen molar-refractivity contribution in [3.05, 3.63) is 27.4 Å². The Morgan fingerprint density at radius 2 is 2.16 bits per heavy atom. The molecule has 0 radical (unpaired) electrons. The summed E-state index contributed by atoms with van der Waals surface area (Å²) in [6.45, 7) is 4.24. The van der Waals surface area contributed by atoms with Crippen molar-refractivity contribution in [2.45, 2.75) is 31.2 Å². The molecule has 3 N–H and O–H groups in total. The summed E-state index contributed by atoms with van der Waals surface area (Å²) >= 11 is 2.62. The van der Waals surface area contributed by atoms with Crippen molar-refractivity contribution in [1.82, 2.24) is 4.98 Å². The molecule has 0 bridgehead atoms. The average Bonchev–Trinajstić information content (AvgIpc) is 2.95. The van der Waals surface area contributed by atoms with E-state index in [0.717, 1.165) is 5.69 Å². The molecule has 2 heterocycles. The van der Waals surface area contributed by atoms with Crippen LogP contribution in [0.5, 0.6) is 0 Å². The summed E-state index contributed by atoms with van der Waals surface area (Å²) in [6.07, 6.45) is 0. The van der Waals surface area contributed by atoms with Gasteiger partial charge in [0.2, 0.25) is 0 Å².